The molecule has 0 saturated heterocycles. The highest BCUT2D eigenvalue weighted by Crippen LogP contribution is 2.44. The van der Waals surface area contributed by atoms with Gasteiger partial charge in [-0.25, -0.2) is 0 Å². The van der Waals surface area contributed by atoms with Crippen molar-refractivity contribution in [1.82, 2.24) is 0 Å². The quantitative estimate of drug-likeness (QED) is 0.823. The lowest BCUT2D eigenvalue weighted by molar-refractivity contribution is -0.0432. The summed E-state index contributed by atoms with van der Waals surface area (Å²) in [6.07, 6.45) is 0. The molecule has 0 spiro atoms. The van der Waals surface area contributed by atoms with Crippen LogP contribution >= 0.6 is 11.6 Å². The normalized spacial score (nSPS) is 17.6. The third-order valence-corrected chi connectivity index (χ3v) is 2.72. The van der Waals surface area contributed by atoms with E-state index in [1.165, 1.54) is 0 Å². The highest BCUT2D eigenvalue weighted by atomic mass is 35.5. The van der Waals surface area contributed by atoms with Gasteiger partial charge in [-0.2, -0.15) is 0 Å². The Kier molecular flexibility index (Phi) is 2.37. The van der Waals surface area contributed by atoms with Crippen molar-refractivity contribution in [3.8, 4) is 11.5 Å². The molecule has 0 aromatic heterocycles. The SMILES string of the molecule is CC1(C)Oc2cc(Cl)c(C(C)(C)O)cc2O1. The highest BCUT2D eigenvalue weighted by molar-refractivity contribution is 6.31. The van der Waals surface area contributed by atoms with Crippen LogP contribution in [0.5, 0.6) is 11.5 Å². The number of halogens is 1. The van der Waals surface area contributed by atoms with Crippen LogP contribution in [0.4, 0.5) is 0 Å². The van der Waals surface area contributed by atoms with Gasteiger partial charge in [-0.3, -0.25) is 0 Å². The van der Waals surface area contributed by atoms with Gasteiger partial charge in [-0.15, -0.1) is 0 Å². The molecule has 1 aliphatic heterocycles. The summed E-state index contributed by atoms with van der Waals surface area (Å²) in [7, 11) is 0. The van der Waals surface area contributed by atoms with Crippen LogP contribution in [0, 0.1) is 0 Å². The van der Waals surface area contributed by atoms with Crippen molar-refractivity contribution in [2.75, 3.05) is 0 Å². The van der Waals surface area contributed by atoms with Crippen LogP contribution < -0.4 is 9.47 Å². The van der Waals surface area contributed by atoms with E-state index in [-0.39, 0.29) is 0 Å². The second-order valence-corrected chi connectivity index (χ2v) is 5.35. The summed E-state index contributed by atoms with van der Waals surface area (Å²) < 4.78 is 11.1. The summed E-state index contributed by atoms with van der Waals surface area (Å²) in [5, 5.41) is 10.4. The molecular formula is C12H15ClO3. The first kappa shape index (κ1) is 11.6. The molecule has 1 aromatic rings. The molecule has 0 bridgehead atoms. The maximum atomic E-state index is 9.95. The molecule has 0 fully saturated rings. The first-order valence-corrected chi connectivity index (χ1v) is 5.51. The zero-order chi connectivity index (χ0) is 12.1. The Balaban J connectivity index is 2.49. The predicted octanol–water partition coefficient (Wildman–Crippen LogP) is 3.07. The second-order valence-electron chi connectivity index (χ2n) is 4.94. The highest BCUT2D eigenvalue weighted by Gasteiger charge is 2.34. The molecular weight excluding hydrogens is 228 g/mol. The van der Waals surface area contributed by atoms with Gasteiger partial charge in [0.25, 0.3) is 0 Å². The zero-order valence-electron chi connectivity index (χ0n) is 9.80. The van der Waals surface area contributed by atoms with Crippen LogP contribution in [0.15, 0.2) is 12.1 Å². The first-order valence-electron chi connectivity index (χ1n) is 5.13. The molecule has 1 heterocycles. The fraction of sp³-hybridized carbons (Fsp3) is 0.500. The Morgan fingerprint density at radius 3 is 2.19 bits per heavy atom. The smallest absolute Gasteiger partial charge is 0.246 e. The van der Waals surface area contributed by atoms with Gasteiger partial charge in [0.2, 0.25) is 5.79 Å². The Morgan fingerprint density at radius 2 is 1.69 bits per heavy atom. The summed E-state index contributed by atoms with van der Waals surface area (Å²) in [5.41, 5.74) is -0.364. The van der Waals surface area contributed by atoms with Gasteiger partial charge in [0.15, 0.2) is 11.5 Å². The lowest BCUT2D eigenvalue weighted by Gasteiger charge is -2.19. The molecule has 0 aliphatic carbocycles. The van der Waals surface area contributed by atoms with Crippen molar-refractivity contribution < 1.29 is 14.6 Å². The Bertz CT molecular complexity index is 433. The standard InChI is InChI=1S/C12H15ClO3/c1-11(2,14)7-5-9-10(6-8(7)13)16-12(3,4)15-9/h5-6,14H,1-4H3. The average molecular weight is 243 g/mol. The summed E-state index contributed by atoms with van der Waals surface area (Å²) in [5.74, 6) is 0.554. The van der Waals surface area contributed by atoms with E-state index in [4.69, 9.17) is 21.1 Å². The number of fused-ring (bicyclic) bond motifs is 1. The maximum Gasteiger partial charge on any atom is 0.246 e. The predicted molar refractivity (Wildman–Crippen MR) is 62.0 cm³/mol. The molecule has 1 aromatic carbocycles. The fourth-order valence-corrected chi connectivity index (χ4v) is 2.10. The summed E-state index contributed by atoms with van der Waals surface area (Å²) >= 11 is 6.09. The molecule has 0 unspecified atom stereocenters. The van der Waals surface area contributed by atoms with Gasteiger partial charge in [0.1, 0.15) is 0 Å². The summed E-state index contributed by atoms with van der Waals surface area (Å²) in [4.78, 5) is 0. The van der Waals surface area contributed by atoms with Gasteiger partial charge in [-0.05, 0) is 19.9 Å². The average Bonchev–Trinajstić information content (AvgIpc) is 2.34. The van der Waals surface area contributed by atoms with Crippen molar-refractivity contribution in [1.29, 1.82) is 0 Å². The number of benzene rings is 1. The van der Waals surface area contributed by atoms with Crippen molar-refractivity contribution in [3.63, 3.8) is 0 Å². The molecule has 16 heavy (non-hydrogen) atoms. The van der Waals surface area contributed by atoms with Crippen LogP contribution in [0.2, 0.25) is 5.02 Å². The zero-order valence-corrected chi connectivity index (χ0v) is 10.6. The van der Waals surface area contributed by atoms with Crippen LogP contribution in [-0.2, 0) is 5.60 Å². The molecule has 0 atom stereocenters. The minimum Gasteiger partial charge on any atom is -0.449 e. The third-order valence-electron chi connectivity index (χ3n) is 2.40. The van der Waals surface area contributed by atoms with E-state index in [1.54, 1.807) is 26.0 Å². The molecule has 2 rings (SSSR count). The van der Waals surface area contributed by atoms with Crippen molar-refractivity contribution >= 4 is 11.6 Å². The van der Waals surface area contributed by atoms with Crippen molar-refractivity contribution in [3.05, 3.63) is 22.7 Å². The number of hydrogen-bond acceptors (Lipinski definition) is 3. The van der Waals surface area contributed by atoms with Crippen LogP contribution in [-0.4, -0.2) is 10.9 Å². The maximum absolute atomic E-state index is 9.95. The van der Waals surface area contributed by atoms with Gasteiger partial charge in [-0.1, -0.05) is 11.6 Å². The lowest BCUT2D eigenvalue weighted by atomic mass is 9.98. The number of ether oxygens (including phenoxy) is 2. The molecule has 0 saturated carbocycles. The minimum atomic E-state index is -0.998. The van der Waals surface area contributed by atoms with Gasteiger partial charge in [0.05, 0.1) is 10.6 Å². The van der Waals surface area contributed by atoms with Gasteiger partial charge < -0.3 is 14.6 Å². The van der Waals surface area contributed by atoms with Crippen molar-refractivity contribution in [2.45, 2.75) is 39.1 Å². The van der Waals surface area contributed by atoms with E-state index in [2.05, 4.69) is 0 Å². The van der Waals surface area contributed by atoms with Crippen LogP contribution in [0.25, 0.3) is 0 Å². The topological polar surface area (TPSA) is 38.7 Å². The first-order chi connectivity index (χ1) is 7.19. The fourth-order valence-electron chi connectivity index (χ4n) is 1.71. The second kappa shape index (κ2) is 3.28. The van der Waals surface area contributed by atoms with E-state index in [0.717, 1.165) is 0 Å². The molecule has 1 aliphatic rings. The summed E-state index contributed by atoms with van der Waals surface area (Å²) in [6.45, 7) is 7.01. The van der Waals surface area contributed by atoms with E-state index in [9.17, 15) is 5.11 Å². The summed E-state index contributed by atoms with van der Waals surface area (Å²) in [6, 6.07) is 3.41. The van der Waals surface area contributed by atoms with E-state index < -0.39 is 11.4 Å². The molecule has 0 amide bonds. The number of rotatable bonds is 1. The minimum absolute atomic E-state index is 0.479. The molecule has 0 radical (unpaired) electrons. The van der Waals surface area contributed by atoms with Crippen LogP contribution in [0.3, 0.4) is 0 Å². The Hall–Kier alpha value is -0.930. The van der Waals surface area contributed by atoms with Gasteiger partial charge >= 0.3 is 0 Å². The molecule has 3 nitrogen and oxygen atoms in total. The Labute approximate surface area is 99.9 Å². The van der Waals surface area contributed by atoms with E-state index in [1.807, 2.05) is 13.8 Å². The Morgan fingerprint density at radius 1 is 1.19 bits per heavy atom. The van der Waals surface area contributed by atoms with E-state index >= 15 is 0 Å². The monoisotopic (exact) mass is 242 g/mol. The number of aliphatic hydroxyl groups is 1. The van der Waals surface area contributed by atoms with Crippen LogP contribution in [0.1, 0.15) is 33.3 Å². The molecule has 88 valence electrons. The van der Waals surface area contributed by atoms with E-state index in [0.29, 0.717) is 22.1 Å². The largest absolute Gasteiger partial charge is 0.449 e. The molecule has 1 N–H and O–H groups in total. The van der Waals surface area contributed by atoms with Crippen molar-refractivity contribution in [2.24, 2.45) is 0 Å². The van der Waals surface area contributed by atoms with Gasteiger partial charge in [0, 0.05) is 25.5 Å². The number of hydrogen-bond donors (Lipinski definition) is 1. The lowest BCUT2D eigenvalue weighted by Crippen LogP contribution is -2.29. The third kappa shape index (κ3) is 1.97. The molecule has 4 heteroatoms.